The molecule has 17 heavy (non-hydrogen) atoms. The van der Waals surface area contributed by atoms with Crippen LogP contribution in [0.4, 0.5) is 0 Å². The van der Waals surface area contributed by atoms with Gasteiger partial charge in [-0.1, -0.05) is 6.92 Å². The van der Waals surface area contributed by atoms with Gasteiger partial charge in [-0.15, -0.1) is 0 Å². The molecule has 0 aromatic carbocycles. The molecule has 3 saturated heterocycles. The maximum Gasteiger partial charge on any atom is 0.228 e. The molecular formula is C13H23N3O. The number of hydrogen-bond acceptors (Lipinski definition) is 3. The molecule has 1 atom stereocenters. The van der Waals surface area contributed by atoms with Crippen molar-refractivity contribution in [3.8, 4) is 0 Å². The van der Waals surface area contributed by atoms with E-state index in [1.165, 1.54) is 0 Å². The lowest BCUT2D eigenvalue weighted by Crippen LogP contribution is -2.51. The Labute approximate surface area is 103 Å². The van der Waals surface area contributed by atoms with Crippen LogP contribution in [0.15, 0.2) is 0 Å². The van der Waals surface area contributed by atoms with Gasteiger partial charge in [0.05, 0.1) is 5.41 Å². The summed E-state index contributed by atoms with van der Waals surface area (Å²) in [4.78, 5) is 14.9. The van der Waals surface area contributed by atoms with Crippen LogP contribution >= 0.6 is 0 Å². The number of hydrogen-bond donors (Lipinski definition) is 2. The van der Waals surface area contributed by atoms with E-state index in [2.05, 4.69) is 22.5 Å². The van der Waals surface area contributed by atoms with Gasteiger partial charge in [0.2, 0.25) is 5.91 Å². The molecular weight excluding hydrogens is 214 g/mol. The molecule has 0 bridgehead atoms. The topological polar surface area (TPSA) is 44.4 Å². The second-order valence-electron chi connectivity index (χ2n) is 5.92. The number of rotatable bonds is 1. The molecule has 2 spiro atoms. The first kappa shape index (κ1) is 11.5. The Balaban J connectivity index is 1.96. The third kappa shape index (κ3) is 1.47. The van der Waals surface area contributed by atoms with Crippen LogP contribution in [0.2, 0.25) is 0 Å². The molecule has 3 aliphatic heterocycles. The van der Waals surface area contributed by atoms with Crippen molar-refractivity contribution >= 4 is 5.91 Å². The standard InChI is InChI=1S/C13H23N3O/c1-2-16-9-12(3-6-14-7-4-12)13(10-16)5-8-15-11(13)17/h14H,2-10H2,1H3,(H,15,17). The Morgan fingerprint density at radius 1 is 1.18 bits per heavy atom. The molecule has 3 aliphatic rings. The molecule has 4 nitrogen and oxygen atoms in total. The summed E-state index contributed by atoms with van der Waals surface area (Å²) in [5.74, 6) is 0.329. The normalized spacial score (nSPS) is 36.9. The minimum Gasteiger partial charge on any atom is -0.356 e. The quantitative estimate of drug-likeness (QED) is 0.685. The summed E-state index contributed by atoms with van der Waals surface area (Å²) in [5, 5.41) is 6.52. The van der Waals surface area contributed by atoms with E-state index >= 15 is 0 Å². The number of likely N-dealkylation sites (tertiary alicyclic amines) is 1. The van der Waals surface area contributed by atoms with Crippen LogP contribution in [0, 0.1) is 10.8 Å². The highest BCUT2D eigenvalue weighted by Gasteiger charge is 2.62. The number of carbonyl (C=O) groups excluding carboxylic acids is 1. The molecule has 0 saturated carbocycles. The molecule has 0 aliphatic carbocycles. The van der Waals surface area contributed by atoms with Crippen molar-refractivity contribution in [1.29, 1.82) is 0 Å². The number of nitrogens with one attached hydrogen (secondary N) is 2. The summed E-state index contributed by atoms with van der Waals surface area (Å²) in [6.45, 7) is 8.42. The monoisotopic (exact) mass is 237 g/mol. The highest BCUT2D eigenvalue weighted by Crippen LogP contribution is 2.55. The highest BCUT2D eigenvalue weighted by molar-refractivity contribution is 5.86. The van der Waals surface area contributed by atoms with Gasteiger partial charge >= 0.3 is 0 Å². The fourth-order valence-electron chi connectivity index (χ4n) is 4.28. The van der Waals surface area contributed by atoms with E-state index in [0.717, 1.165) is 58.5 Å². The first-order chi connectivity index (χ1) is 8.22. The van der Waals surface area contributed by atoms with E-state index < -0.39 is 0 Å². The van der Waals surface area contributed by atoms with Crippen molar-refractivity contribution in [3.63, 3.8) is 0 Å². The maximum atomic E-state index is 12.4. The Morgan fingerprint density at radius 2 is 1.94 bits per heavy atom. The molecule has 4 heteroatoms. The summed E-state index contributed by atoms with van der Waals surface area (Å²) >= 11 is 0. The van der Waals surface area contributed by atoms with Crippen LogP contribution in [-0.4, -0.2) is 50.1 Å². The number of piperidine rings is 1. The summed E-state index contributed by atoms with van der Waals surface area (Å²) in [6, 6.07) is 0. The smallest absolute Gasteiger partial charge is 0.228 e. The van der Waals surface area contributed by atoms with Crippen LogP contribution in [-0.2, 0) is 4.79 Å². The summed E-state index contributed by atoms with van der Waals surface area (Å²) in [7, 11) is 0. The van der Waals surface area contributed by atoms with E-state index in [0.29, 0.717) is 5.91 Å². The zero-order chi connectivity index (χ0) is 11.9. The molecule has 0 radical (unpaired) electrons. The van der Waals surface area contributed by atoms with Crippen LogP contribution in [0.1, 0.15) is 26.2 Å². The first-order valence-corrected chi connectivity index (χ1v) is 6.94. The minimum absolute atomic E-state index is 0.0783. The van der Waals surface area contributed by atoms with Gasteiger partial charge in [0.25, 0.3) is 0 Å². The number of carbonyl (C=O) groups is 1. The van der Waals surface area contributed by atoms with E-state index in [1.807, 2.05) is 0 Å². The van der Waals surface area contributed by atoms with Gasteiger partial charge in [-0.05, 0) is 38.9 Å². The van der Waals surface area contributed by atoms with Crippen molar-refractivity contribution < 1.29 is 4.79 Å². The lowest BCUT2D eigenvalue weighted by Gasteiger charge is -2.43. The van der Waals surface area contributed by atoms with E-state index in [1.54, 1.807) is 0 Å². The molecule has 3 heterocycles. The van der Waals surface area contributed by atoms with Crippen LogP contribution < -0.4 is 10.6 Å². The minimum atomic E-state index is -0.0783. The zero-order valence-corrected chi connectivity index (χ0v) is 10.7. The van der Waals surface area contributed by atoms with Gasteiger partial charge in [-0.25, -0.2) is 0 Å². The lowest BCUT2D eigenvalue weighted by atomic mass is 9.60. The SMILES string of the molecule is CCN1CC2(CCNCC2)C2(CCNC2=O)C1. The third-order valence-corrected chi connectivity index (χ3v) is 5.31. The van der Waals surface area contributed by atoms with Gasteiger partial charge in [-0.3, -0.25) is 4.79 Å². The van der Waals surface area contributed by atoms with Gasteiger partial charge in [0, 0.05) is 25.0 Å². The van der Waals surface area contributed by atoms with Crippen molar-refractivity contribution in [3.05, 3.63) is 0 Å². The first-order valence-electron chi connectivity index (χ1n) is 6.94. The van der Waals surface area contributed by atoms with Crippen molar-refractivity contribution in [2.45, 2.75) is 26.2 Å². The van der Waals surface area contributed by atoms with Crippen LogP contribution in [0.3, 0.4) is 0 Å². The molecule has 0 aromatic rings. The summed E-state index contributed by atoms with van der Waals surface area (Å²) < 4.78 is 0. The fourth-order valence-corrected chi connectivity index (χ4v) is 4.28. The van der Waals surface area contributed by atoms with Gasteiger partial charge in [-0.2, -0.15) is 0 Å². The highest BCUT2D eigenvalue weighted by atomic mass is 16.2. The van der Waals surface area contributed by atoms with Crippen molar-refractivity contribution in [1.82, 2.24) is 15.5 Å². The average molecular weight is 237 g/mol. The van der Waals surface area contributed by atoms with E-state index in [4.69, 9.17) is 0 Å². The predicted octanol–water partition coefficient (Wildman–Crippen LogP) is 0.198. The second kappa shape index (κ2) is 3.95. The molecule has 3 fully saturated rings. The Morgan fingerprint density at radius 3 is 2.53 bits per heavy atom. The maximum absolute atomic E-state index is 12.4. The Bertz CT molecular complexity index is 325. The van der Waals surface area contributed by atoms with Gasteiger partial charge in [0.1, 0.15) is 0 Å². The Hall–Kier alpha value is -0.610. The largest absolute Gasteiger partial charge is 0.356 e. The van der Waals surface area contributed by atoms with Crippen molar-refractivity contribution in [2.24, 2.45) is 10.8 Å². The van der Waals surface area contributed by atoms with Crippen LogP contribution in [0.5, 0.6) is 0 Å². The molecule has 1 unspecified atom stereocenters. The summed E-state index contributed by atoms with van der Waals surface area (Å²) in [6.07, 6.45) is 3.37. The second-order valence-corrected chi connectivity index (χ2v) is 5.92. The fraction of sp³-hybridized carbons (Fsp3) is 0.923. The molecule has 96 valence electrons. The number of nitrogens with zero attached hydrogens (tertiary/aromatic N) is 1. The zero-order valence-electron chi connectivity index (χ0n) is 10.7. The molecule has 2 N–H and O–H groups in total. The third-order valence-electron chi connectivity index (χ3n) is 5.31. The van der Waals surface area contributed by atoms with Gasteiger partial charge in [0.15, 0.2) is 0 Å². The van der Waals surface area contributed by atoms with Crippen molar-refractivity contribution in [2.75, 3.05) is 39.3 Å². The molecule has 1 amide bonds. The van der Waals surface area contributed by atoms with E-state index in [9.17, 15) is 4.79 Å². The van der Waals surface area contributed by atoms with E-state index in [-0.39, 0.29) is 10.8 Å². The molecule has 0 aromatic heterocycles. The Kier molecular flexibility index (Phi) is 2.67. The number of amides is 1. The predicted molar refractivity (Wildman–Crippen MR) is 66.7 cm³/mol. The lowest BCUT2D eigenvalue weighted by molar-refractivity contribution is -0.133. The van der Waals surface area contributed by atoms with Gasteiger partial charge < -0.3 is 15.5 Å². The summed E-state index contributed by atoms with van der Waals surface area (Å²) in [5.41, 5.74) is 0.167. The average Bonchev–Trinajstić information content (AvgIpc) is 2.86. The molecule has 3 rings (SSSR count). The van der Waals surface area contributed by atoms with Crippen LogP contribution in [0.25, 0.3) is 0 Å². The number of fused-ring (bicyclic) bond motifs is 1.